The lowest BCUT2D eigenvalue weighted by Crippen LogP contribution is -2.22. The van der Waals surface area contributed by atoms with E-state index in [2.05, 4.69) is 64.8 Å². The number of carbonyl (C=O) groups is 1. The van der Waals surface area contributed by atoms with Crippen molar-refractivity contribution >= 4 is 34.5 Å². The monoisotopic (exact) mass is 471 g/mol. The third-order valence-corrected chi connectivity index (χ3v) is 6.02. The van der Waals surface area contributed by atoms with E-state index in [4.69, 9.17) is 11.6 Å². The number of hydrazone groups is 1. The molecule has 0 aromatic heterocycles. The van der Waals surface area contributed by atoms with Crippen molar-refractivity contribution in [2.24, 2.45) is 5.10 Å². The number of halogens is 1. The van der Waals surface area contributed by atoms with Crippen molar-refractivity contribution < 1.29 is 9.90 Å². The first-order valence-electron chi connectivity index (χ1n) is 11.1. The van der Waals surface area contributed by atoms with Crippen LogP contribution in [-0.4, -0.2) is 28.7 Å². The number of benzene rings is 4. The topological polar surface area (TPSA) is 64.9 Å². The number of hydrogen-bond donors (Lipinski definition) is 2. The molecule has 5 nitrogen and oxygen atoms in total. The molecule has 4 rings (SSSR count). The maximum Gasteiger partial charge on any atom is 0.271 e. The maximum atomic E-state index is 12.3. The minimum absolute atomic E-state index is 0.0707. The molecule has 0 heterocycles. The molecule has 6 heteroatoms. The molecule has 0 saturated carbocycles. The van der Waals surface area contributed by atoms with Gasteiger partial charge in [-0.05, 0) is 46.6 Å². The fourth-order valence-electron chi connectivity index (χ4n) is 3.87. The highest BCUT2D eigenvalue weighted by atomic mass is 35.5. The maximum absolute atomic E-state index is 12.3. The van der Waals surface area contributed by atoms with E-state index in [1.54, 1.807) is 6.21 Å². The molecule has 1 amide bonds. The van der Waals surface area contributed by atoms with Gasteiger partial charge in [0.05, 0.1) is 11.2 Å². The summed E-state index contributed by atoms with van der Waals surface area (Å²) in [4.78, 5) is 14.8. The fourth-order valence-corrected chi connectivity index (χ4v) is 4.05. The van der Waals surface area contributed by atoms with Crippen LogP contribution in [0.3, 0.4) is 0 Å². The van der Waals surface area contributed by atoms with Gasteiger partial charge in [0.15, 0.2) is 0 Å². The molecule has 34 heavy (non-hydrogen) atoms. The highest BCUT2D eigenvalue weighted by Gasteiger charge is 2.10. The highest BCUT2D eigenvalue weighted by Crippen LogP contribution is 2.25. The van der Waals surface area contributed by atoms with Crippen LogP contribution in [0.4, 0.5) is 0 Å². The fraction of sp³-hybridized carbons (Fsp3) is 0.143. The van der Waals surface area contributed by atoms with Gasteiger partial charge in [-0.3, -0.25) is 9.69 Å². The van der Waals surface area contributed by atoms with Crippen LogP contribution in [0.2, 0.25) is 5.02 Å². The number of fused-ring (bicyclic) bond motifs is 1. The summed E-state index contributed by atoms with van der Waals surface area (Å²) in [5, 5.41) is 16.0. The van der Waals surface area contributed by atoms with Gasteiger partial charge < -0.3 is 5.11 Å². The molecular formula is C28H26ClN3O2. The van der Waals surface area contributed by atoms with Crippen LogP contribution in [0.15, 0.2) is 90.0 Å². The Morgan fingerprint density at radius 3 is 2.44 bits per heavy atom. The van der Waals surface area contributed by atoms with Crippen molar-refractivity contribution in [2.45, 2.75) is 20.0 Å². The average molecular weight is 472 g/mol. The van der Waals surface area contributed by atoms with Gasteiger partial charge in [-0.1, -0.05) is 85.3 Å². The lowest BCUT2D eigenvalue weighted by molar-refractivity contribution is 0.0955. The van der Waals surface area contributed by atoms with E-state index >= 15 is 0 Å². The molecule has 0 radical (unpaired) electrons. The molecule has 172 valence electrons. The summed E-state index contributed by atoms with van der Waals surface area (Å²) in [6, 6.07) is 27.1. The molecule has 0 bridgehead atoms. The molecule has 0 atom stereocenters. The molecule has 0 fully saturated rings. The number of hydrogen-bond acceptors (Lipinski definition) is 4. The molecule has 0 aliphatic rings. The molecule has 2 N–H and O–H groups in total. The highest BCUT2D eigenvalue weighted by molar-refractivity contribution is 6.32. The molecule has 0 aliphatic carbocycles. The smallest absolute Gasteiger partial charge is 0.271 e. The van der Waals surface area contributed by atoms with Crippen LogP contribution in [0, 0.1) is 0 Å². The van der Waals surface area contributed by atoms with E-state index in [-0.39, 0.29) is 10.8 Å². The first kappa shape index (κ1) is 23.5. The SMILES string of the molecule is CCN(Cc1ccccc1)Cc1ccc(C=NNC(=O)c2ccc(O)c(Cl)c2)c2ccccc12. The third kappa shape index (κ3) is 5.63. The summed E-state index contributed by atoms with van der Waals surface area (Å²) in [6.45, 7) is 4.85. The van der Waals surface area contributed by atoms with Crippen LogP contribution in [-0.2, 0) is 13.1 Å². The predicted molar refractivity (Wildman–Crippen MR) is 138 cm³/mol. The second-order valence-electron chi connectivity index (χ2n) is 8.01. The van der Waals surface area contributed by atoms with Crippen molar-refractivity contribution in [2.75, 3.05) is 6.54 Å². The zero-order valence-electron chi connectivity index (χ0n) is 18.9. The molecule has 4 aromatic carbocycles. The molecule has 0 saturated heterocycles. The molecule has 0 aliphatic heterocycles. The third-order valence-electron chi connectivity index (χ3n) is 5.72. The number of phenols is 1. The van der Waals surface area contributed by atoms with Crippen LogP contribution in [0.5, 0.6) is 5.75 Å². The normalized spacial score (nSPS) is 11.4. The van der Waals surface area contributed by atoms with Crippen LogP contribution >= 0.6 is 11.6 Å². The Hall–Kier alpha value is -3.67. The van der Waals surface area contributed by atoms with E-state index in [9.17, 15) is 9.90 Å². The number of phenolic OH excluding ortho intramolecular Hbond substituents is 1. The Morgan fingerprint density at radius 1 is 0.971 bits per heavy atom. The van der Waals surface area contributed by atoms with Crippen molar-refractivity contribution in [3.05, 3.63) is 112 Å². The Labute approximate surface area is 204 Å². The van der Waals surface area contributed by atoms with E-state index in [0.29, 0.717) is 5.56 Å². The first-order valence-corrected chi connectivity index (χ1v) is 11.5. The second kappa shape index (κ2) is 11.0. The Kier molecular flexibility index (Phi) is 7.58. The predicted octanol–water partition coefficient (Wildman–Crippen LogP) is 5.98. The second-order valence-corrected chi connectivity index (χ2v) is 8.42. The summed E-state index contributed by atoms with van der Waals surface area (Å²) in [6.07, 6.45) is 1.65. The molecular weight excluding hydrogens is 446 g/mol. The summed E-state index contributed by atoms with van der Waals surface area (Å²) in [5.74, 6) is -0.475. The van der Waals surface area contributed by atoms with Crippen molar-refractivity contribution in [3.63, 3.8) is 0 Å². The standard InChI is InChI=1S/C28H26ClN3O2/c1-2-32(18-20-8-4-3-5-9-20)19-23-13-12-22(24-10-6-7-11-25(23)24)17-30-31-28(34)21-14-15-27(33)26(29)16-21/h3-17,33H,2,18-19H2,1H3,(H,31,34). The number of nitrogens with zero attached hydrogens (tertiary/aromatic N) is 2. The van der Waals surface area contributed by atoms with Crippen molar-refractivity contribution in [3.8, 4) is 5.75 Å². The van der Waals surface area contributed by atoms with E-state index in [0.717, 1.165) is 36.0 Å². The largest absolute Gasteiger partial charge is 0.506 e. The summed E-state index contributed by atoms with van der Waals surface area (Å²) in [5.41, 5.74) is 6.29. The van der Waals surface area contributed by atoms with E-state index in [1.165, 1.54) is 29.3 Å². The number of carbonyl (C=O) groups excluding carboxylic acids is 1. The lowest BCUT2D eigenvalue weighted by Gasteiger charge is -2.22. The van der Waals surface area contributed by atoms with Gasteiger partial charge in [0, 0.05) is 24.2 Å². The number of aromatic hydroxyl groups is 1. The van der Waals surface area contributed by atoms with Crippen LogP contribution in [0.25, 0.3) is 10.8 Å². The van der Waals surface area contributed by atoms with Crippen LogP contribution in [0.1, 0.15) is 34.0 Å². The summed E-state index contributed by atoms with van der Waals surface area (Å²) >= 11 is 5.89. The molecule has 0 spiro atoms. The van der Waals surface area contributed by atoms with Crippen molar-refractivity contribution in [1.82, 2.24) is 10.3 Å². The zero-order chi connectivity index (χ0) is 23.9. The molecule has 4 aromatic rings. The Bertz CT molecular complexity index is 1320. The van der Waals surface area contributed by atoms with Gasteiger partial charge in [-0.15, -0.1) is 0 Å². The minimum Gasteiger partial charge on any atom is -0.506 e. The van der Waals surface area contributed by atoms with E-state index in [1.807, 2.05) is 24.3 Å². The average Bonchev–Trinajstić information content (AvgIpc) is 2.87. The van der Waals surface area contributed by atoms with Gasteiger partial charge in [-0.2, -0.15) is 5.10 Å². The Balaban J connectivity index is 1.52. The summed E-state index contributed by atoms with van der Waals surface area (Å²) < 4.78 is 0. The number of rotatable bonds is 8. The summed E-state index contributed by atoms with van der Waals surface area (Å²) in [7, 11) is 0. The van der Waals surface area contributed by atoms with Gasteiger partial charge in [0.25, 0.3) is 5.91 Å². The quantitative estimate of drug-likeness (QED) is 0.245. The lowest BCUT2D eigenvalue weighted by atomic mass is 9.99. The van der Waals surface area contributed by atoms with Gasteiger partial charge >= 0.3 is 0 Å². The zero-order valence-corrected chi connectivity index (χ0v) is 19.7. The molecule has 0 unspecified atom stereocenters. The number of amides is 1. The van der Waals surface area contributed by atoms with Gasteiger partial charge in [-0.25, -0.2) is 5.43 Å². The van der Waals surface area contributed by atoms with Crippen LogP contribution < -0.4 is 5.43 Å². The first-order chi connectivity index (χ1) is 16.5. The number of nitrogens with one attached hydrogen (secondary N) is 1. The van der Waals surface area contributed by atoms with Gasteiger partial charge in [0.1, 0.15) is 5.75 Å². The van der Waals surface area contributed by atoms with Crippen molar-refractivity contribution in [1.29, 1.82) is 0 Å². The minimum atomic E-state index is -0.404. The Morgan fingerprint density at radius 2 is 1.71 bits per heavy atom. The van der Waals surface area contributed by atoms with E-state index < -0.39 is 5.91 Å². The van der Waals surface area contributed by atoms with Gasteiger partial charge in [0.2, 0.25) is 0 Å².